The van der Waals surface area contributed by atoms with Crippen molar-refractivity contribution in [3.05, 3.63) is 60.8 Å². The smallest absolute Gasteiger partial charge is 0.462 e. The Balaban J connectivity index is 4.53. The van der Waals surface area contributed by atoms with Crippen molar-refractivity contribution in [2.45, 2.75) is 161 Å². The van der Waals surface area contributed by atoms with Crippen LogP contribution >= 0.6 is 7.82 Å². The Morgan fingerprint density at radius 1 is 0.673 bits per heavy atom. The molecule has 3 unspecified atom stereocenters. The van der Waals surface area contributed by atoms with Crippen LogP contribution in [0.2, 0.25) is 0 Å². The molecule has 0 bridgehead atoms. The van der Waals surface area contributed by atoms with Gasteiger partial charge in [-0.2, -0.15) is 0 Å². The first-order valence-electron chi connectivity index (χ1n) is 21.1. The molecule has 318 valence electrons. The van der Waals surface area contributed by atoms with Gasteiger partial charge in [0.25, 0.3) is 0 Å². The first-order valence-corrected chi connectivity index (χ1v) is 22.6. The maximum absolute atomic E-state index is 12.6. The number of nitrogens with zero attached hydrogens (tertiary/aromatic N) is 1. The molecular formula is C44H79NO9P+. The van der Waals surface area contributed by atoms with Gasteiger partial charge in [-0.15, -0.1) is 0 Å². The summed E-state index contributed by atoms with van der Waals surface area (Å²) in [7, 11) is 1.40. The van der Waals surface area contributed by atoms with Gasteiger partial charge in [0.05, 0.1) is 33.9 Å². The molecule has 0 aliphatic heterocycles. The predicted octanol–water partition coefficient (Wildman–Crippen LogP) is 10.7. The van der Waals surface area contributed by atoms with Crippen LogP contribution in [0.3, 0.4) is 0 Å². The highest BCUT2D eigenvalue weighted by Crippen LogP contribution is 2.43. The summed E-state index contributed by atoms with van der Waals surface area (Å²) in [5.74, 6) is -0.897. The van der Waals surface area contributed by atoms with E-state index in [4.69, 9.17) is 18.5 Å². The van der Waals surface area contributed by atoms with Crippen molar-refractivity contribution in [2.24, 2.45) is 0 Å². The van der Waals surface area contributed by atoms with Gasteiger partial charge < -0.3 is 24.0 Å². The maximum Gasteiger partial charge on any atom is 0.472 e. The van der Waals surface area contributed by atoms with E-state index in [1.54, 1.807) is 6.08 Å². The molecule has 0 aromatic rings. The number of aliphatic hydroxyl groups is 1. The minimum absolute atomic E-state index is 0.0108. The second-order valence-corrected chi connectivity index (χ2v) is 16.7. The third-order valence-electron chi connectivity index (χ3n) is 8.64. The number of phosphoric ester groups is 1. The van der Waals surface area contributed by atoms with Crippen LogP contribution in [0.4, 0.5) is 0 Å². The van der Waals surface area contributed by atoms with Gasteiger partial charge in [0.15, 0.2) is 6.10 Å². The molecule has 0 heterocycles. The van der Waals surface area contributed by atoms with Crippen LogP contribution in [0, 0.1) is 0 Å². The Labute approximate surface area is 335 Å². The molecule has 0 radical (unpaired) electrons. The number of carbonyl (C=O) groups is 2. The minimum Gasteiger partial charge on any atom is -0.462 e. The molecule has 0 saturated heterocycles. The number of quaternary nitrogens is 1. The number of allylic oxidation sites excluding steroid dienone is 8. The van der Waals surface area contributed by atoms with Crippen LogP contribution in [0.5, 0.6) is 0 Å². The number of phosphoric acid groups is 1. The van der Waals surface area contributed by atoms with Crippen LogP contribution in [0.15, 0.2) is 60.8 Å². The molecule has 0 aliphatic rings. The van der Waals surface area contributed by atoms with Gasteiger partial charge >= 0.3 is 19.8 Å². The standard InChI is InChI=1S/C44H78NO9P/c1-6-8-10-12-13-14-15-16-17-21-24-27-31-35-43(47)51-39-42(40-53-55(49,50)52-38-37-45(3,4)5)54-44(48)36-32-28-25-22-19-18-20-23-26-30-34-41(46)33-29-11-9-7-2/h9,11,18,20,22,25-26,29-30,33,41-42,46H,6-8,10,12-17,19,21,23-24,27-28,31-32,34-40H2,1-5H3/p+1/b11-9-,20-18-,25-22-,30-26-,33-29+. The molecule has 2 N–H and O–H groups in total. The number of hydrogen-bond acceptors (Lipinski definition) is 8. The number of carbonyl (C=O) groups excluding carboxylic acids is 2. The highest BCUT2D eigenvalue weighted by Gasteiger charge is 2.27. The number of hydrogen-bond donors (Lipinski definition) is 2. The van der Waals surface area contributed by atoms with Crippen molar-refractivity contribution in [3.8, 4) is 0 Å². The van der Waals surface area contributed by atoms with Gasteiger partial charge in [-0.3, -0.25) is 18.6 Å². The third kappa shape index (κ3) is 39.7. The fourth-order valence-electron chi connectivity index (χ4n) is 5.30. The Kier molecular flexibility index (Phi) is 34.5. The first kappa shape index (κ1) is 52.7. The zero-order chi connectivity index (χ0) is 40.9. The van der Waals surface area contributed by atoms with E-state index in [0.717, 1.165) is 38.5 Å². The van der Waals surface area contributed by atoms with E-state index in [9.17, 15) is 24.2 Å². The molecule has 0 saturated carbocycles. The van der Waals surface area contributed by atoms with Crippen molar-refractivity contribution in [3.63, 3.8) is 0 Å². The number of unbranched alkanes of at least 4 members (excludes halogenated alkanes) is 13. The van der Waals surface area contributed by atoms with Gasteiger partial charge in [-0.05, 0) is 44.9 Å². The molecule has 0 amide bonds. The average Bonchev–Trinajstić information content (AvgIpc) is 3.13. The Morgan fingerprint density at radius 3 is 1.84 bits per heavy atom. The van der Waals surface area contributed by atoms with Crippen LogP contribution in [-0.4, -0.2) is 86.1 Å². The summed E-state index contributed by atoms with van der Waals surface area (Å²) >= 11 is 0. The van der Waals surface area contributed by atoms with Crippen molar-refractivity contribution in [1.82, 2.24) is 0 Å². The number of aliphatic hydroxyl groups excluding tert-OH is 1. The van der Waals surface area contributed by atoms with Crippen LogP contribution < -0.4 is 0 Å². The van der Waals surface area contributed by atoms with Gasteiger partial charge in [0.2, 0.25) is 0 Å². The quantitative estimate of drug-likeness (QED) is 0.0158. The monoisotopic (exact) mass is 797 g/mol. The minimum atomic E-state index is -4.40. The lowest BCUT2D eigenvalue weighted by molar-refractivity contribution is -0.870. The van der Waals surface area contributed by atoms with E-state index < -0.39 is 38.6 Å². The summed E-state index contributed by atoms with van der Waals surface area (Å²) in [6.07, 6.45) is 38.8. The fourth-order valence-corrected chi connectivity index (χ4v) is 6.04. The molecule has 3 atom stereocenters. The van der Waals surface area contributed by atoms with E-state index in [2.05, 4.69) is 26.0 Å². The SMILES string of the molecule is CC/C=C\C=C\C(O)C/C=C\C/C=C\C/C=C\CCCC(=O)OC(COC(=O)CCCCCCCCCCCCCCC)COP(=O)(O)OCC[N+](C)(C)C. The molecule has 0 fully saturated rings. The van der Waals surface area contributed by atoms with E-state index in [1.165, 1.54) is 64.2 Å². The summed E-state index contributed by atoms with van der Waals surface area (Å²) in [6.45, 7) is 4.11. The van der Waals surface area contributed by atoms with Gasteiger partial charge in [-0.25, -0.2) is 4.57 Å². The summed E-state index contributed by atoms with van der Waals surface area (Å²) in [6, 6.07) is 0. The molecule has 11 heteroatoms. The van der Waals surface area contributed by atoms with E-state index in [0.29, 0.717) is 30.3 Å². The summed E-state index contributed by atoms with van der Waals surface area (Å²) in [5.41, 5.74) is 0. The second kappa shape index (κ2) is 36.0. The third-order valence-corrected chi connectivity index (χ3v) is 9.63. The summed E-state index contributed by atoms with van der Waals surface area (Å²) in [4.78, 5) is 35.3. The lowest BCUT2D eigenvalue weighted by Crippen LogP contribution is -2.37. The maximum atomic E-state index is 12.6. The topological polar surface area (TPSA) is 129 Å². The Morgan fingerprint density at radius 2 is 1.24 bits per heavy atom. The van der Waals surface area contributed by atoms with Crippen LogP contribution in [0.25, 0.3) is 0 Å². The molecule has 0 rings (SSSR count). The number of esters is 2. The number of rotatable bonds is 37. The molecule has 55 heavy (non-hydrogen) atoms. The lowest BCUT2D eigenvalue weighted by Gasteiger charge is -2.24. The largest absolute Gasteiger partial charge is 0.472 e. The molecule has 0 aromatic heterocycles. The van der Waals surface area contributed by atoms with Crippen molar-refractivity contribution >= 4 is 19.8 Å². The molecule has 0 aliphatic carbocycles. The normalized spacial score (nSPS) is 14.8. The molecule has 0 aromatic carbocycles. The van der Waals surface area contributed by atoms with Crippen molar-refractivity contribution in [1.29, 1.82) is 0 Å². The van der Waals surface area contributed by atoms with Crippen LogP contribution in [0.1, 0.15) is 149 Å². The van der Waals surface area contributed by atoms with Gasteiger partial charge in [0, 0.05) is 12.8 Å². The van der Waals surface area contributed by atoms with E-state index in [1.807, 2.05) is 63.7 Å². The van der Waals surface area contributed by atoms with Crippen molar-refractivity contribution in [2.75, 3.05) is 47.5 Å². The Bertz CT molecular complexity index is 1140. The molecule has 0 spiro atoms. The zero-order valence-electron chi connectivity index (χ0n) is 35.3. The lowest BCUT2D eigenvalue weighted by atomic mass is 10.0. The zero-order valence-corrected chi connectivity index (χ0v) is 36.1. The Hall–Kier alpha value is -2.33. The van der Waals surface area contributed by atoms with Gasteiger partial charge in [-0.1, -0.05) is 152 Å². The number of ether oxygens (including phenoxy) is 2. The highest BCUT2D eigenvalue weighted by atomic mass is 31.2. The fraction of sp³-hybridized carbons (Fsp3) is 0.727. The first-order chi connectivity index (χ1) is 26.4. The predicted molar refractivity (Wildman–Crippen MR) is 225 cm³/mol. The van der Waals surface area contributed by atoms with Crippen molar-refractivity contribution < 1.29 is 47.2 Å². The number of likely N-dealkylation sites (N-methyl/N-ethyl adjacent to an activating group) is 1. The molecular weight excluding hydrogens is 717 g/mol. The highest BCUT2D eigenvalue weighted by molar-refractivity contribution is 7.47. The summed E-state index contributed by atoms with van der Waals surface area (Å²) < 4.78 is 34.1. The summed E-state index contributed by atoms with van der Waals surface area (Å²) in [5, 5.41) is 9.92. The van der Waals surface area contributed by atoms with E-state index >= 15 is 0 Å². The van der Waals surface area contributed by atoms with Gasteiger partial charge in [0.1, 0.15) is 19.8 Å². The van der Waals surface area contributed by atoms with Crippen LogP contribution in [-0.2, 0) is 32.7 Å². The molecule has 10 nitrogen and oxygen atoms in total. The average molecular weight is 797 g/mol. The second-order valence-electron chi connectivity index (χ2n) is 15.2. The van der Waals surface area contributed by atoms with E-state index in [-0.39, 0.29) is 26.1 Å².